The van der Waals surface area contributed by atoms with Gasteiger partial charge in [-0.25, -0.2) is 0 Å². The summed E-state index contributed by atoms with van der Waals surface area (Å²) in [5.41, 5.74) is 2.46. The predicted octanol–water partition coefficient (Wildman–Crippen LogP) is 1.57. The fourth-order valence-corrected chi connectivity index (χ4v) is 2.17. The van der Waals surface area contributed by atoms with Gasteiger partial charge >= 0.3 is 0 Å². The Balaban J connectivity index is 1.81. The van der Waals surface area contributed by atoms with Crippen LogP contribution < -0.4 is 5.32 Å². The number of piperidine rings is 1. The summed E-state index contributed by atoms with van der Waals surface area (Å²) in [4.78, 5) is 6.70. The fourth-order valence-electron chi connectivity index (χ4n) is 2.17. The largest absolute Gasteiger partial charge is 0.310 e. The zero-order valence-corrected chi connectivity index (χ0v) is 10.2. The van der Waals surface area contributed by atoms with Crippen LogP contribution in [0.4, 0.5) is 0 Å². The van der Waals surface area contributed by atoms with Crippen molar-refractivity contribution in [3.8, 4) is 0 Å². The fraction of sp³-hybridized carbons (Fsp3) is 0.615. The second-order valence-electron chi connectivity index (χ2n) is 4.71. The molecule has 0 atom stereocenters. The van der Waals surface area contributed by atoms with E-state index in [0.29, 0.717) is 6.04 Å². The lowest BCUT2D eigenvalue weighted by Gasteiger charge is -2.29. The number of nitrogens with one attached hydrogen (secondary N) is 1. The molecule has 2 heterocycles. The van der Waals surface area contributed by atoms with E-state index in [-0.39, 0.29) is 0 Å². The summed E-state index contributed by atoms with van der Waals surface area (Å²) in [5, 5.41) is 3.63. The normalized spacial score (nSPS) is 18.9. The Bertz CT molecular complexity index is 330. The highest BCUT2D eigenvalue weighted by atomic mass is 15.1. The maximum absolute atomic E-state index is 4.31. The number of aromatic nitrogens is 1. The van der Waals surface area contributed by atoms with Crippen LogP contribution in [0.5, 0.6) is 0 Å². The molecule has 3 heteroatoms. The molecule has 0 radical (unpaired) electrons. The van der Waals surface area contributed by atoms with Gasteiger partial charge in [0.15, 0.2) is 0 Å². The van der Waals surface area contributed by atoms with Gasteiger partial charge in [0.1, 0.15) is 0 Å². The standard InChI is InChI=1S/C13H21N3/c1-11-12(4-3-7-14-11)10-15-13-5-8-16(2)9-6-13/h3-4,7,13,15H,5-6,8-10H2,1-2H3. The lowest BCUT2D eigenvalue weighted by molar-refractivity contribution is 0.234. The average molecular weight is 219 g/mol. The van der Waals surface area contributed by atoms with Gasteiger partial charge < -0.3 is 10.2 Å². The number of nitrogens with zero attached hydrogens (tertiary/aromatic N) is 2. The van der Waals surface area contributed by atoms with Crippen LogP contribution in [0.25, 0.3) is 0 Å². The minimum Gasteiger partial charge on any atom is -0.310 e. The number of hydrogen-bond acceptors (Lipinski definition) is 3. The van der Waals surface area contributed by atoms with Crippen molar-refractivity contribution in [3.05, 3.63) is 29.6 Å². The molecule has 0 aliphatic carbocycles. The summed E-state index contributed by atoms with van der Waals surface area (Å²) in [6.45, 7) is 5.45. The number of aryl methyl sites for hydroxylation is 1. The third-order valence-electron chi connectivity index (χ3n) is 3.42. The van der Waals surface area contributed by atoms with Gasteiger partial charge in [0.25, 0.3) is 0 Å². The summed E-state index contributed by atoms with van der Waals surface area (Å²) in [5.74, 6) is 0. The van der Waals surface area contributed by atoms with Gasteiger partial charge in [-0.2, -0.15) is 0 Å². The Kier molecular flexibility index (Phi) is 3.91. The number of hydrogen-bond donors (Lipinski definition) is 1. The highest BCUT2D eigenvalue weighted by Gasteiger charge is 2.15. The summed E-state index contributed by atoms with van der Waals surface area (Å²) < 4.78 is 0. The van der Waals surface area contributed by atoms with Crippen LogP contribution in [0, 0.1) is 6.92 Å². The maximum Gasteiger partial charge on any atom is 0.0417 e. The zero-order valence-electron chi connectivity index (χ0n) is 10.2. The van der Waals surface area contributed by atoms with Crippen molar-refractivity contribution >= 4 is 0 Å². The van der Waals surface area contributed by atoms with Crippen LogP contribution in [-0.4, -0.2) is 36.1 Å². The molecule has 1 aliphatic heterocycles. The quantitative estimate of drug-likeness (QED) is 0.836. The van der Waals surface area contributed by atoms with E-state index in [1.165, 1.54) is 31.5 Å². The first-order valence-corrected chi connectivity index (χ1v) is 6.08. The molecule has 1 fully saturated rings. The summed E-state index contributed by atoms with van der Waals surface area (Å²) >= 11 is 0. The monoisotopic (exact) mass is 219 g/mol. The van der Waals surface area contributed by atoms with Crippen LogP contribution >= 0.6 is 0 Å². The van der Waals surface area contributed by atoms with E-state index < -0.39 is 0 Å². The molecule has 1 saturated heterocycles. The highest BCUT2D eigenvalue weighted by molar-refractivity contribution is 5.17. The molecule has 1 aromatic heterocycles. The first-order chi connectivity index (χ1) is 7.75. The van der Waals surface area contributed by atoms with Crippen molar-refractivity contribution < 1.29 is 0 Å². The summed E-state index contributed by atoms with van der Waals surface area (Å²) in [7, 11) is 2.20. The molecule has 88 valence electrons. The maximum atomic E-state index is 4.31. The average Bonchev–Trinajstić information content (AvgIpc) is 2.30. The second-order valence-corrected chi connectivity index (χ2v) is 4.71. The molecule has 0 saturated carbocycles. The lowest BCUT2D eigenvalue weighted by Crippen LogP contribution is -2.40. The van der Waals surface area contributed by atoms with Gasteiger partial charge in [-0.05, 0) is 51.5 Å². The molecule has 0 amide bonds. The minimum absolute atomic E-state index is 0.677. The first-order valence-electron chi connectivity index (χ1n) is 6.08. The van der Waals surface area contributed by atoms with Gasteiger partial charge in [0.2, 0.25) is 0 Å². The third-order valence-corrected chi connectivity index (χ3v) is 3.42. The van der Waals surface area contributed by atoms with Crippen LogP contribution in [-0.2, 0) is 6.54 Å². The summed E-state index contributed by atoms with van der Waals surface area (Å²) in [6, 6.07) is 4.85. The predicted molar refractivity (Wildman–Crippen MR) is 66.3 cm³/mol. The Morgan fingerprint density at radius 2 is 2.19 bits per heavy atom. The van der Waals surface area contributed by atoms with E-state index in [1.54, 1.807) is 0 Å². The number of rotatable bonds is 3. The van der Waals surface area contributed by atoms with Crippen LogP contribution in [0.3, 0.4) is 0 Å². The molecular weight excluding hydrogens is 198 g/mol. The topological polar surface area (TPSA) is 28.2 Å². The first kappa shape index (κ1) is 11.6. The number of likely N-dealkylation sites (tertiary alicyclic amines) is 1. The van der Waals surface area contributed by atoms with Gasteiger partial charge in [0, 0.05) is 24.5 Å². The van der Waals surface area contributed by atoms with Gasteiger partial charge in [0.05, 0.1) is 0 Å². The molecule has 0 spiro atoms. The molecule has 0 aromatic carbocycles. The molecule has 1 aromatic rings. The molecule has 0 bridgehead atoms. The molecule has 3 nitrogen and oxygen atoms in total. The van der Waals surface area contributed by atoms with Crippen molar-refractivity contribution in [1.82, 2.24) is 15.2 Å². The van der Waals surface area contributed by atoms with Crippen molar-refractivity contribution in [3.63, 3.8) is 0 Å². The SMILES string of the molecule is Cc1ncccc1CNC1CCN(C)CC1. The van der Waals surface area contributed by atoms with E-state index in [0.717, 1.165) is 12.2 Å². The lowest BCUT2D eigenvalue weighted by atomic mass is 10.1. The van der Waals surface area contributed by atoms with Gasteiger partial charge in [-0.1, -0.05) is 6.07 Å². The van der Waals surface area contributed by atoms with E-state index in [4.69, 9.17) is 0 Å². The summed E-state index contributed by atoms with van der Waals surface area (Å²) in [6.07, 6.45) is 4.38. The Morgan fingerprint density at radius 1 is 1.44 bits per heavy atom. The zero-order chi connectivity index (χ0) is 11.4. The smallest absolute Gasteiger partial charge is 0.0417 e. The van der Waals surface area contributed by atoms with Crippen LogP contribution in [0.15, 0.2) is 18.3 Å². The van der Waals surface area contributed by atoms with E-state index in [9.17, 15) is 0 Å². The van der Waals surface area contributed by atoms with Crippen molar-refractivity contribution in [2.45, 2.75) is 32.4 Å². The molecule has 1 N–H and O–H groups in total. The number of pyridine rings is 1. The minimum atomic E-state index is 0.677. The van der Waals surface area contributed by atoms with E-state index in [2.05, 4.69) is 35.2 Å². The Labute approximate surface area is 97.9 Å². The van der Waals surface area contributed by atoms with Crippen molar-refractivity contribution in [1.29, 1.82) is 0 Å². The molecule has 1 aliphatic rings. The van der Waals surface area contributed by atoms with Crippen LogP contribution in [0.1, 0.15) is 24.1 Å². The second kappa shape index (κ2) is 5.41. The molecule has 2 rings (SSSR count). The van der Waals surface area contributed by atoms with Gasteiger partial charge in [-0.3, -0.25) is 4.98 Å². The molecule has 16 heavy (non-hydrogen) atoms. The third kappa shape index (κ3) is 3.03. The molecular formula is C13H21N3. The van der Waals surface area contributed by atoms with Crippen molar-refractivity contribution in [2.75, 3.05) is 20.1 Å². The Hall–Kier alpha value is -0.930. The van der Waals surface area contributed by atoms with E-state index in [1.807, 2.05) is 12.3 Å². The van der Waals surface area contributed by atoms with E-state index >= 15 is 0 Å². The van der Waals surface area contributed by atoms with Crippen LogP contribution in [0.2, 0.25) is 0 Å². The Morgan fingerprint density at radius 3 is 2.88 bits per heavy atom. The van der Waals surface area contributed by atoms with Crippen molar-refractivity contribution in [2.24, 2.45) is 0 Å². The molecule has 0 unspecified atom stereocenters. The highest BCUT2D eigenvalue weighted by Crippen LogP contribution is 2.10. The van der Waals surface area contributed by atoms with Gasteiger partial charge in [-0.15, -0.1) is 0 Å².